The molecule has 0 aliphatic carbocycles. The first kappa shape index (κ1) is 26.0. The number of rotatable bonds is 2. The third-order valence-corrected chi connectivity index (χ3v) is 3.22. The average molecular weight is 466 g/mol. The van der Waals surface area contributed by atoms with E-state index in [0.717, 1.165) is 0 Å². The van der Waals surface area contributed by atoms with Gasteiger partial charge in [-0.05, 0) is 0 Å². The summed E-state index contributed by atoms with van der Waals surface area (Å²) in [5.74, 6) is -11.6. The molecule has 16 heteroatoms. The minimum Gasteiger partial charge on any atom is -0.214 e. The van der Waals surface area contributed by atoms with Crippen molar-refractivity contribution in [3.05, 3.63) is 23.8 Å². The predicted octanol–water partition coefficient (Wildman–Crippen LogP) is 7.60. The molecule has 0 fully saturated rings. The van der Waals surface area contributed by atoms with Crippen molar-refractivity contribution in [3.63, 3.8) is 0 Å². The van der Waals surface area contributed by atoms with Crippen LogP contribution in [0.15, 0.2) is 23.8 Å². The molecule has 0 amide bonds. The summed E-state index contributed by atoms with van der Waals surface area (Å²) in [6.07, 6.45) is -12.5. The molecule has 0 bridgehead atoms. The van der Waals surface area contributed by atoms with E-state index in [-0.39, 0.29) is 0 Å². The number of alkyl halides is 10. The van der Waals surface area contributed by atoms with Crippen LogP contribution in [0, 0.1) is 0 Å². The van der Waals surface area contributed by atoms with Crippen molar-refractivity contribution in [3.8, 4) is 0 Å². The molecule has 0 N–H and O–H groups in total. The molecule has 0 aliphatic rings. The van der Waals surface area contributed by atoms with Crippen LogP contribution in [0.25, 0.3) is 0 Å². The van der Waals surface area contributed by atoms with Crippen LogP contribution < -0.4 is 0 Å². The third-order valence-electron chi connectivity index (χ3n) is 1.63. The summed E-state index contributed by atoms with van der Waals surface area (Å²) in [7, 11) is 0. The summed E-state index contributed by atoms with van der Waals surface area (Å²) in [6.45, 7) is 0. The van der Waals surface area contributed by atoms with Crippen LogP contribution in [0.2, 0.25) is 0 Å². The second-order valence-corrected chi connectivity index (χ2v) is 6.10. The van der Waals surface area contributed by atoms with Gasteiger partial charge in [0.25, 0.3) is 0 Å². The molecule has 0 saturated heterocycles. The Balaban J connectivity index is 0. The van der Waals surface area contributed by atoms with Gasteiger partial charge < -0.3 is 0 Å². The Morgan fingerprint density at radius 2 is 0.792 bits per heavy atom. The Morgan fingerprint density at radius 3 is 0.875 bits per heavy atom. The SMILES string of the molecule is FC(F)(F)C(F)(F)C(F)(Cl)C(Cl)(Cl)Cl.FC(F)=C(F)C(F)=C(F)F. The van der Waals surface area contributed by atoms with E-state index in [1.54, 1.807) is 0 Å². The highest BCUT2D eigenvalue weighted by Crippen LogP contribution is 2.57. The molecule has 1 unspecified atom stereocenters. The molecule has 0 spiro atoms. The predicted molar refractivity (Wildman–Crippen MR) is 61.7 cm³/mol. The van der Waals surface area contributed by atoms with Crippen molar-refractivity contribution in [1.29, 1.82) is 0 Å². The van der Waals surface area contributed by atoms with Gasteiger partial charge in [0.1, 0.15) is 0 Å². The van der Waals surface area contributed by atoms with Gasteiger partial charge in [-0.2, -0.15) is 48.3 Å². The van der Waals surface area contributed by atoms with Crippen molar-refractivity contribution < 1.29 is 52.7 Å². The fraction of sp³-hybridized carbons (Fsp3) is 0.500. The maximum Gasteiger partial charge on any atom is 0.458 e. The second kappa shape index (κ2) is 8.45. The third kappa shape index (κ3) is 6.26. The summed E-state index contributed by atoms with van der Waals surface area (Å²) in [4.78, 5) is 0. The minimum atomic E-state index is -6.26. The summed E-state index contributed by atoms with van der Waals surface area (Å²) < 4.78 is 135. The van der Waals surface area contributed by atoms with Gasteiger partial charge in [0.15, 0.2) is 0 Å². The molecule has 0 rings (SSSR count). The van der Waals surface area contributed by atoms with Crippen molar-refractivity contribution >= 4 is 46.4 Å². The van der Waals surface area contributed by atoms with Crippen molar-refractivity contribution in [2.45, 2.75) is 21.0 Å². The van der Waals surface area contributed by atoms with Gasteiger partial charge in [-0.15, -0.1) is 0 Å². The molecular formula is C8Cl4F12. The molecule has 0 aromatic heterocycles. The zero-order chi connectivity index (χ0) is 20.3. The highest BCUT2D eigenvalue weighted by Gasteiger charge is 2.77. The first-order chi connectivity index (χ1) is 10.2. The van der Waals surface area contributed by atoms with Crippen LogP contribution in [0.5, 0.6) is 0 Å². The van der Waals surface area contributed by atoms with Gasteiger partial charge in [-0.1, -0.05) is 46.4 Å². The molecule has 24 heavy (non-hydrogen) atoms. The van der Waals surface area contributed by atoms with Crippen LogP contribution in [0.1, 0.15) is 0 Å². The lowest BCUT2D eigenvalue weighted by atomic mass is 10.2. The fourth-order valence-electron chi connectivity index (χ4n) is 0.522. The number of allylic oxidation sites excluding steroid dienone is 2. The van der Waals surface area contributed by atoms with E-state index in [4.69, 9.17) is 0 Å². The quantitative estimate of drug-likeness (QED) is 0.224. The zero-order valence-corrected chi connectivity index (χ0v) is 13.1. The summed E-state index contributed by atoms with van der Waals surface area (Å²) in [5, 5.41) is -4.87. The van der Waals surface area contributed by atoms with Crippen LogP contribution in [0.3, 0.4) is 0 Å². The molecule has 0 nitrogen and oxygen atoms in total. The molecule has 0 aromatic carbocycles. The standard InChI is InChI=1S/C4Cl4F6.C4F6/c5-1(9,3(6,7)8)2(10,11)4(12,13)14;5-1(3(7)8)2(6)4(9)10. The maximum absolute atomic E-state index is 12.8. The monoisotopic (exact) mass is 464 g/mol. The molecule has 0 radical (unpaired) electrons. The van der Waals surface area contributed by atoms with Gasteiger partial charge in [0.05, 0.1) is 0 Å². The zero-order valence-electron chi connectivity index (χ0n) is 10.0. The van der Waals surface area contributed by atoms with Crippen LogP contribution in [-0.4, -0.2) is 21.0 Å². The van der Waals surface area contributed by atoms with Crippen molar-refractivity contribution in [1.82, 2.24) is 0 Å². The van der Waals surface area contributed by atoms with Crippen LogP contribution in [-0.2, 0) is 0 Å². The van der Waals surface area contributed by atoms with Crippen molar-refractivity contribution in [2.24, 2.45) is 0 Å². The Morgan fingerprint density at radius 1 is 0.542 bits per heavy atom. The lowest BCUT2D eigenvalue weighted by Crippen LogP contribution is -2.57. The van der Waals surface area contributed by atoms with Crippen molar-refractivity contribution in [2.75, 3.05) is 0 Å². The Hall–Kier alpha value is -0.200. The molecule has 0 aliphatic heterocycles. The Bertz CT molecular complexity index is 446. The van der Waals surface area contributed by atoms with Gasteiger partial charge >= 0.3 is 29.4 Å². The molecule has 144 valence electrons. The number of hydrogen-bond acceptors (Lipinski definition) is 0. The summed E-state index contributed by atoms with van der Waals surface area (Å²) >= 11 is 17.9. The van der Waals surface area contributed by atoms with E-state index < -0.39 is 44.8 Å². The van der Waals surface area contributed by atoms with Crippen LogP contribution in [0.4, 0.5) is 52.7 Å². The second-order valence-electron chi connectivity index (χ2n) is 3.29. The van der Waals surface area contributed by atoms with Gasteiger partial charge in [0, 0.05) is 0 Å². The molecule has 0 aromatic rings. The summed E-state index contributed by atoms with van der Waals surface area (Å²) in [6, 6.07) is 0. The van der Waals surface area contributed by atoms with Gasteiger partial charge in [0.2, 0.25) is 15.4 Å². The lowest BCUT2D eigenvalue weighted by molar-refractivity contribution is -0.311. The largest absolute Gasteiger partial charge is 0.458 e. The van der Waals surface area contributed by atoms with Gasteiger partial charge in [-0.3, -0.25) is 0 Å². The maximum atomic E-state index is 12.8. The molecule has 1 atom stereocenters. The molecule has 0 saturated carbocycles. The van der Waals surface area contributed by atoms with Gasteiger partial charge in [-0.25, -0.2) is 4.39 Å². The van der Waals surface area contributed by atoms with E-state index >= 15 is 0 Å². The smallest absolute Gasteiger partial charge is 0.214 e. The first-order valence-electron chi connectivity index (χ1n) is 4.52. The van der Waals surface area contributed by atoms with E-state index in [1.807, 2.05) is 0 Å². The average Bonchev–Trinajstić information content (AvgIpc) is 2.34. The molecule has 0 heterocycles. The van der Waals surface area contributed by atoms with E-state index in [1.165, 1.54) is 0 Å². The lowest BCUT2D eigenvalue weighted by Gasteiger charge is -2.33. The van der Waals surface area contributed by atoms with Crippen LogP contribution >= 0.6 is 46.4 Å². The normalized spacial score (nSPS) is 15.0. The Kier molecular flexibility index (Phi) is 9.17. The highest BCUT2D eigenvalue weighted by atomic mass is 35.6. The van der Waals surface area contributed by atoms with E-state index in [0.29, 0.717) is 0 Å². The van der Waals surface area contributed by atoms with E-state index in [9.17, 15) is 52.7 Å². The molecular weight excluding hydrogens is 466 g/mol. The minimum absolute atomic E-state index is 2.82. The Labute approximate surface area is 144 Å². The highest BCUT2D eigenvalue weighted by molar-refractivity contribution is 6.70. The summed E-state index contributed by atoms with van der Waals surface area (Å²) in [5.41, 5.74) is 0. The first-order valence-corrected chi connectivity index (χ1v) is 6.04. The number of halogens is 16. The topological polar surface area (TPSA) is 0 Å². The fourth-order valence-corrected chi connectivity index (χ4v) is 0.985. The number of hydrogen-bond donors (Lipinski definition) is 0. The van der Waals surface area contributed by atoms with E-state index in [2.05, 4.69) is 46.4 Å².